The summed E-state index contributed by atoms with van der Waals surface area (Å²) < 4.78 is 0. The summed E-state index contributed by atoms with van der Waals surface area (Å²) in [5.74, 6) is -1.04. The fourth-order valence-corrected chi connectivity index (χ4v) is 2.88. The Morgan fingerprint density at radius 3 is 2.47 bits per heavy atom. The molecule has 104 valence electrons. The normalized spacial score (nSPS) is 19.9. The first-order chi connectivity index (χ1) is 9.09. The van der Waals surface area contributed by atoms with Crippen LogP contribution in [0.15, 0.2) is 24.3 Å². The number of hydrogen-bond acceptors (Lipinski definition) is 2. The van der Waals surface area contributed by atoms with E-state index in [9.17, 15) is 9.90 Å². The zero-order valence-electron chi connectivity index (χ0n) is 11.4. The van der Waals surface area contributed by atoms with Gasteiger partial charge in [0.2, 0.25) is 0 Å². The Labute approximate surface area is 114 Å². The first-order valence-corrected chi connectivity index (χ1v) is 7.10. The van der Waals surface area contributed by atoms with Gasteiger partial charge in [-0.05, 0) is 36.8 Å². The molecule has 1 aromatic rings. The van der Waals surface area contributed by atoms with E-state index in [-0.39, 0.29) is 0 Å². The van der Waals surface area contributed by atoms with E-state index < -0.39 is 18.0 Å². The van der Waals surface area contributed by atoms with E-state index >= 15 is 0 Å². The molecule has 2 unspecified atom stereocenters. The van der Waals surface area contributed by atoms with Crippen LogP contribution in [0.25, 0.3) is 0 Å². The molecule has 0 amide bonds. The summed E-state index contributed by atoms with van der Waals surface area (Å²) >= 11 is 0. The summed E-state index contributed by atoms with van der Waals surface area (Å²) in [5, 5.41) is 19.5. The highest BCUT2D eigenvalue weighted by Crippen LogP contribution is 2.35. The average Bonchev–Trinajstić information content (AvgIpc) is 2.46. The van der Waals surface area contributed by atoms with Crippen molar-refractivity contribution in [2.24, 2.45) is 5.92 Å². The van der Waals surface area contributed by atoms with Crippen molar-refractivity contribution in [2.75, 3.05) is 0 Å². The molecule has 0 aliphatic heterocycles. The predicted molar refractivity (Wildman–Crippen MR) is 74.0 cm³/mol. The van der Waals surface area contributed by atoms with Crippen molar-refractivity contribution in [1.29, 1.82) is 0 Å². The molecule has 0 radical (unpaired) electrons. The van der Waals surface area contributed by atoms with Crippen LogP contribution in [-0.2, 0) is 4.79 Å². The highest BCUT2D eigenvalue weighted by molar-refractivity contribution is 5.75. The van der Waals surface area contributed by atoms with Crippen LogP contribution in [0.2, 0.25) is 0 Å². The summed E-state index contributed by atoms with van der Waals surface area (Å²) in [6, 6.07) is 7.40. The van der Waals surface area contributed by atoms with Crippen LogP contribution in [0.1, 0.15) is 62.2 Å². The van der Waals surface area contributed by atoms with E-state index in [1.165, 1.54) is 19.3 Å². The predicted octanol–water partition coefficient (Wildman–Crippen LogP) is 3.49. The van der Waals surface area contributed by atoms with Gasteiger partial charge < -0.3 is 10.2 Å². The van der Waals surface area contributed by atoms with Gasteiger partial charge in [0, 0.05) is 0 Å². The first-order valence-electron chi connectivity index (χ1n) is 7.10. The molecule has 3 heteroatoms. The minimum Gasteiger partial charge on any atom is -0.481 e. The van der Waals surface area contributed by atoms with Gasteiger partial charge in [-0.1, -0.05) is 43.5 Å². The van der Waals surface area contributed by atoms with E-state index in [1.54, 1.807) is 6.92 Å². The second-order valence-corrected chi connectivity index (χ2v) is 5.57. The number of aliphatic hydroxyl groups excluding tert-OH is 1. The Morgan fingerprint density at radius 1 is 1.21 bits per heavy atom. The van der Waals surface area contributed by atoms with Gasteiger partial charge in [0.15, 0.2) is 0 Å². The maximum absolute atomic E-state index is 11.0. The van der Waals surface area contributed by atoms with Crippen LogP contribution in [0.4, 0.5) is 0 Å². The standard InChI is InChI=1S/C16H22O3/c1-11(16(18)19)13-8-5-9-14(10-13)15(17)12-6-3-2-4-7-12/h5,8-12,15,17H,2-4,6-7H2,1H3,(H,18,19). The largest absolute Gasteiger partial charge is 0.481 e. The quantitative estimate of drug-likeness (QED) is 0.873. The molecule has 1 aliphatic carbocycles. The second-order valence-electron chi connectivity index (χ2n) is 5.57. The highest BCUT2D eigenvalue weighted by atomic mass is 16.4. The number of benzene rings is 1. The Bertz CT molecular complexity index is 435. The molecule has 3 nitrogen and oxygen atoms in total. The molecule has 2 rings (SSSR count). The molecule has 1 fully saturated rings. The first kappa shape index (κ1) is 14.1. The molecule has 0 aromatic heterocycles. The van der Waals surface area contributed by atoms with E-state index in [2.05, 4.69) is 0 Å². The van der Waals surface area contributed by atoms with Gasteiger partial charge in [0.05, 0.1) is 12.0 Å². The van der Waals surface area contributed by atoms with Crippen molar-refractivity contribution < 1.29 is 15.0 Å². The van der Waals surface area contributed by atoms with Gasteiger partial charge in [0.1, 0.15) is 0 Å². The molecule has 1 saturated carbocycles. The molecular weight excluding hydrogens is 240 g/mol. The lowest BCUT2D eigenvalue weighted by atomic mass is 9.82. The van der Waals surface area contributed by atoms with Crippen LogP contribution in [-0.4, -0.2) is 16.2 Å². The van der Waals surface area contributed by atoms with Crippen molar-refractivity contribution in [3.8, 4) is 0 Å². The molecule has 1 aromatic carbocycles. The molecule has 0 spiro atoms. The second kappa shape index (κ2) is 6.20. The Kier molecular flexibility index (Phi) is 4.59. The molecular formula is C16H22O3. The number of hydrogen-bond donors (Lipinski definition) is 2. The van der Waals surface area contributed by atoms with Gasteiger partial charge in [-0.25, -0.2) is 0 Å². The number of carbonyl (C=O) groups is 1. The topological polar surface area (TPSA) is 57.5 Å². The van der Waals surface area contributed by atoms with Gasteiger partial charge in [-0.2, -0.15) is 0 Å². The van der Waals surface area contributed by atoms with Crippen LogP contribution in [0.3, 0.4) is 0 Å². The number of rotatable bonds is 4. The van der Waals surface area contributed by atoms with Crippen molar-refractivity contribution >= 4 is 5.97 Å². The van der Waals surface area contributed by atoms with E-state index in [4.69, 9.17) is 5.11 Å². The Balaban J connectivity index is 2.15. The monoisotopic (exact) mass is 262 g/mol. The molecule has 0 saturated heterocycles. The van der Waals surface area contributed by atoms with Gasteiger partial charge in [0.25, 0.3) is 0 Å². The van der Waals surface area contributed by atoms with E-state index in [0.717, 1.165) is 24.0 Å². The summed E-state index contributed by atoms with van der Waals surface area (Å²) in [4.78, 5) is 11.0. The molecule has 19 heavy (non-hydrogen) atoms. The van der Waals surface area contributed by atoms with Crippen molar-refractivity contribution in [2.45, 2.75) is 51.0 Å². The summed E-state index contributed by atoms with van der Waals surface area (Å²) in [5.41, 5.74) is 1.62. The zero-order chi connectivity index (χ0) is 13.8. The van der Waals surface area contributed by atoms with Gasteiger partial charge in [-0.15, -0.1) is 0 Å². The third-order valence-electron chi connectivity index (χ3n) is 4.22. The third kappa shape index (κ3) is 3.35. The number of carboxylic acid groups (broad SMARTS) is 1. The summed E-state index contributed by atoms with van der Waals surface area (Å²) in [7, 11) is 0. The number of carboxylic acids is 1. The average molecular weight is 262 g/mol. The van der Waals surface area contributed by atoms with Crippen molar-refractivity contribution in [3.05, 3.63) is 35.4 Å². The summed E-state index contributed by atoms with van der Waals surface area (Å²) in [6.45, 7) is 1.68. The van der Waals surface area contributed by atoms with Gasteiger partial charge in [-0.3, -0.25) is 4.79 Å². The maximum atomic E-state index is 11.0. The van der Waals surface area contributed by atoms with E-state index in [0.29, 0.717) is 5.92 Å². The van der Waals surface area contributed by atoms with Crippen LogP contribution >= 0.6 is 0 Å². The lowest BCUT2D eigenvalue weighted by Crippen LogP contribution is -2.16. The fourth-order valence-electron chi connectivity index (χ4n) is 2.88. The minimum absolute atomic E-state index is 0.323. The van der Waals surface area contributed by atoms with Crippen LogP contribution in [0, 0.1) is 5.92 Å². The van der Waals surface area contributed by atoms with Crippen molar-refractivity contribution in [3.63, 3.8) is 0 Å². The zero-order valence-corrected chi connectivity index (χ0v) is 11.4. The van der Waals surface area contributed by atoms with Crippen molar-refractivity contribution in [1.82, 2.24) is 0 Å². The third-order valence-corrected chi connectivity index (χ3v) is 4.22. The Morgan fingerprint density at radius 2 is 1.84 bits per heavy atom. The lowest BCUT2D eigenvalue weighted by Gasteiger charge is -2.27. The number of aliphatic hydroxyl groups is 1. The number of aliphatic carboxylic acids is 1. The molecule has 2 atom stereocenters. The fraction of sp³-hybridized carbons (Fsp3) is 0.562. The summed E-state index contributed by atoms with van der Waals surface area (Å²) in [6.07, 6.45) is 5.32. The minimum atomic E-state index is -0.829. The molecule has 0 heterocycles. The maximum Gasteiger partial charge on any atom is 0.310 e. The van der Waals surface area contributed by atoms with E-state index in [1.807, 2.05) is 24.3 Å². The molecule has 1 aliphatic rings. The van der Waals surface area contributed by atoms with Crippen LogP contribution in [0.5, 0.6) is 0 Å². The Hall–Kier alpha value is -1.35. The smallest absolute Gasteiger partial charge is 0.310 e. The highest BCUT2D eigenvalue weighted by Gasteiger charge is 2.24. The SMILES string of the molecule is CC(C(=O)O)c1cccc(C(O)C2CCCCC2)c1. The van der Waals surface area contributed by atoms with Crippen LogP contribution < -0.4 is 0 Å². The van der Waals surface area contributed by atoms with Gasteiger partial charge >= 0.3 is 5.97 Å². The molecule has 2 N–H and O–H groups in total. The lowest BCUT2D eigenvalue weighted by molar-refractivity contribution is -0.138. The molecule has 0 bridgehead atoms.